The lowest BCUT2D eigenvalue weighted by atomic mass is 9.76. The fraction of sp³-hybridized carbons (Fsp3) is 0.281. The van der Waals surface area contributed by atoms with Gasteiger partial charge < -0.3 is 9.47 Å². The number of rotatable bonds is 8. The van der Waals surface area contributed by atoms with Crippen molar-refractivity contribution in [2.24, 2.45) is 17.8 Å². The minimum atomic E-state index is -0.730. The van der Waals surface area contributed by atoms with Crippen LogP contribution in [0.1, 0.15) is 57.3 Å². The molecule has 0 bridgehead atoms. The van der Waals surface area contributed by atoms with E-state index in [-0.39, 0.29) is 33.4 Å². The summed E-state index contributed by atoms with van der Waals surface area (Å²) in [5, 5.41) is 1.89. The number of Topliss-reactive ketones (excluding diaryl/α,β-unsaturated/α-hetero) is 1. The number of hydrogen-bond acceptors (Lipinski definition) is 7. The lowest BCUT2D eigenvalue weighted by Gasteiger charge is -2.30. The van der Waals surface area contributed by atoms with Crippen molar-refractivity contribution >= 4 is 41.1 Å². The normalized spacial score (nSPS) is 19.7. The molecule has 1 heterocycles. The van der Waals surface area contributed by atoms with E-state index in [1.807, 2.05) is 6.92 Å². The van der Waals surface area contributed by atoms with Crippen LogP contribution >= 0.6 is 11.6 Å². The number of carbonyl (C=O) groups excluding carboxylic acids is 5. The minimum Gasteiger partial charge on any atom is -0.497 e. The van der Waals surface area contributed by atoms with Crippen molar-refractivity contribution in [1.82, 2.24) is 10.0 Å². The molecule has 5 rings (SSSR count). The van der Waals surface area contributed by atoms with E-state index < -0.39 is 47.9 Å². The van der Waals surface area contributed by atoms with Crippen molar-refractivity contribution in [3.05, 3.63) is 94.5 Å². The Bertz CT molecular complexity index is 1550. The van der Waals surface area contributed by atoms with Crippen LogP contribution in [0.5, 0.6) is 11.5 Å². The van der Waals surface area contributed by atoms with Crippen molar-refractivity contribution in [1.29, 1.82) is 0 Å². The Morgan fingerprint density at radius 1 is 0.881 bits per heavy atom. The molecule has 3 atom stereocenters. The predicted octanol–water partition coefficient (Wildman–Crippen LogP) is 5.23. The first-order chi connectivity index (χ1) is 20.2. The number of nitrogens with zero attached hydrogens (tertiary/aromatic N) is 2. The number of fused-ring (bicyclic) bond motifs is 1. The van der Waals surface area contributed by atoms with Gasteiger partial charge in [-0.05, 0) is 79.8 Å². The van der Waals surface area contributed by atoms with E-state index >= 15 is 0 Å². The smallest absolute Gasteiger partial charge is 0.343 e. The largest absolute Gasteiger partial charge is 0.497 e. The molecule has 2 fully saturated rings. The van der Waals surface area contributed by atoms with Gasteiger partial charge in [-0.1, -0.05) is 36.7 Å². The van der Waals surface area contributed by atoms with Gasteiger partial charge in [0.05, 0.1) is 35.1 Å². The van der Waals surface area contributed by atoms with Crippen molar-refractivity contribution < 1.29 is 33.4 Å². The molecule has 216 valence electrons. The summed E-state index contributed by atoms with van der Waals surface area (Å²) in [6, 6.07) is 18.6. The van der Waals surface area contributed by atoms with Crippen molar-refractivity contribution in [2.45, 2.75) is 26.2 Å². The highest BCUT2D eigenvalue weighted by Gasteiger charge is 2.53. The first-order valence-electron chi connectivity index (χ1n) is 13.6. The van der Waals surface area contributed by atoms with Gasteiger partial charge >= 0.3 is 5.97 Å². The van der Waals surface area contributed by atoms with Crippen LogP contribution in [0.15, 0.2) is 72.8 Å². The number of benzene rings is 3. The first-order valence-corrected chi connectivity index (χ1v) is 14.0. The zero-order valence-corrected chi connectivity index (χ0v) is 23.9. The highest BCUT2D eigenvalue weighted by molar-refractivity contribution is 6.34. The number of carbonyl (C=O) groups is 5. The van der Waals surface area contributed by atoms with Crippen LogP contribution in [-0.2, 0) is 9.59 Å². The molecule has 10 heteroatoms. The fourth-order valence-electron chi connectivity index (χ4n) is 5.47. The average Bonchev–Trinajstić information content (AvgIpc) is 3.24. The molecule has 1 saturated heterocycles. The maximum Gasteiger partial charge on any atom is 0.343 e. The van der Waals surface area contributed by atoms with E-state index in [9.17, 15) is 24.0 Å². The number of halogens is 1. The maximum atomic E-state index is 13.7. The number of esters is 1. The number of imide groups is 1. The van der Waals surface area contributed by atoms with Gasteiger partial charge in [-0.2, -0.15) is 5.01 Å². The molecule has 0 unspecified atom stereocenters. The number of methoxy groups -OCH3 is 1. The van der Waals surface area contributed by atoms with Crippen LogP contribution in [0.25, 0.3) is 0 Å². The molecule has 0 N–H and O–H groups in total. The van der Waals surface area contributed by atoms with E-state index in [0.717, 1.165) is 16.4 Å². The molecule has 9 nitrogen and oxygen atoms in total. The average molecular weight is 589 g/mol. The Kier molecular flexibility index (Phi) is 8.40. The molecule has 0 radical (unpaired) electrons. The minimum absolute atomic E-state index is 0.0654. The van der Waals surface area contributed by atoms with Crippen molar-refractivity contribution in [2.75, 3.05) is 13.7 Å². The highest BCUT2D eigenvalue weighted by Crippen LogP contribution is 2.41. The monoisotopic (exact) mass is 588 g/mol. The molecular formula is C32H29ClN2O7. The third-order valence-corrected chi connectivity index (χ3v) is 8.06. The van der Waals surface area contributed by atoms with Gasteiger partial charge in [-0.15, -0.1) is 0 Å². The zero-order chi connectivity index (χ0) is 30.0. The molecule has 1 aliphatic carbocycles. The Labute approximate surface area is 247 Å². The van der Waals surface area contributed by atoms with E-state index in [1.54, 1.807) is 36.4 Å². The lowest BCUT2D eigenvalue weighted by Crippen LogP contribution is -2.52. The summed E-state index contributed by atoms with van der Waals surface area (Å²) in [5.74, 6) is -2.90. The van der Waals surface area contributed by atoms with Crippen LogP contribution in [0.3, 0.4) is 0 Å². The van der Waals surface area contributed by atoms with Crippen LogP contribution < -0.4 is 9.47 Å². The molecule has 3 aromatic rings. The predicted molar refractivity (Wildman–Crippen MR) is 153 cm³/mol. The Hall–Kier alpha value is -4.50. The van der Waals surface area contributed by atoms with Gasteiger partial charge in [-0.25, -0.2) is 9.80 Å². The van der Waals surface area contributed by atoms with Crippen molar-refractivity contribution in [3.63, 3.8) is 0 Å². The zero-order valence-electron chi connectivity index (χ0n) is 23.1. The third-order valence-electron chi connectivity index (χ3n) is 7.73. The molecule has 0 spiro atoms. The number of ether oxygens (including phenoxy) is 2. The van der Waals surface area contributed by atoms with Crippen molar-refractivity contribution in [3.8, 4) is 11.5 Å². The van der Waals surface area contributed by atoms with Gasteiger partial charge in [0, 0.05) is 5.56 Å². The van der Waals surface area contributed by atoms with Gasteiger partial charge in [0.1, 0.15) is 18.0 Å². The maximum absolute atomic E-state index is 13.7. The van der Waals surface area contributed by atoms with Crippen LogP contribution in [0.4, 0.5) is 0 Å². The molecule has 1 aliphatic heterocycles. The summed E-state index contributed by atoms with van der Waals surface area (Å²) in [5.41, 5.74) is 0.548. The summed E-state index contributed by atoms with van der Waals surface area (Å²) in [7, 11) is 1.49. The topological polar surface area (TPSA) is 110 Å². The third kappa shape index (κ3) is 5.78. The van der Waals surface area contributed by atoms with Gasteiger partial charge in [0.2, 0.25) is 0 Å². The Morgan fingerprint density at radius 3 is 2.31 bits per heavy atom. The van der Waals surface area contributed by atoms with Gasteiger partial charge in [0.15, 0.2) is 5.78 Å². The molecule has 3 aromatic carbocycles. The molecule has 1 saturated carbocycles. The van der Waals surface area contributed by atoms with E-state index in [0.29, 0.717) is 18.6 Å². The number of amides is 3. The standard InChI is InChI=1S/C32H29ClN2O7/c1-19-10-15-24-26(16-19)31(39)35(30(24)38)34(29(37)25-8-3-4-9-27(25)33)18-28(36)20-11-13-22(14-12-20)42-32(40)21-6-5-7-23(17-21)41-2/h3-9,11-14,17,19,24,26H,10,15-16,18H2,1-2H3/t19-,24+,26-/m0/s1. The summed E-state index contributed by atoms with van der Waals surface area (Å²) in [4.78, 5) is 66.6. The fourth-order valence-corrected chi connectivity index (χ4v) is 5.69. The second-order valence-electron chi connectivity index (χ2n) is 10.5. The summed E-state index contributed by atoms with van der Waals surface area (Å²) >= 11 is 6.29. The van der Waals surface area contributed by atoms with E-state index in [2.05, 4.69) is 0 Å². The van der Waals surface area contributed by atoms with Crippen LogP contribution in [0, 0.1) is 17.8 Å². The second kappa shape index (κ2) is 12.2. The first kappa shape index (κ1) is 29.0. The number of hydrogen-bond donors (Lipinski definition) is 0. The number of hydrazine groups is 1. The molecule has 0 aromatic heterocycles. The Morgan fingerprint density at radius 2 is 1.60 bits per heavy atom. The van der Waals surface area contributed by atoms with E-state index in [4.69, 9.17) is 21.1 Å². The molecule has 3 amide bonds. The second-order valence-corrected chi connectivity index (χ2v) is 10.9. The molecule has 2 aliphatic rings. The SMILES string of the molecule is COc1cccc(C(=O)Oc2ccc(C(=O)CN(C(=O)c3ccccc3Cl)N3C(=O)[C@H]4C[C@@H](C)CC[C@H]4C3=O)cc2)c1. The van der Waals surface area contributed by atoms with E-state index in [1.165, 1.54) is 43.5 Å². The van der Waals surface area contributed by atoms with Gasteiger partial charge in [-0.3, -0.25) is 19.2 Å². The number of ketones is 1. The summed E-state index contributed by atoms with van der Waals surface area (Å²) < 4.78 is 10.6. The molecular weight excluding hydrogens is 560 g/mol. The lowest BCUT2D eigenvalue weighted by molar-refractivity contribution is -0.154. The summed E-state index contributed by atoms with van der Waals surface area (Å²) in [6.07, 6.45) is 1.90. The quantitative estimate of drug-likeness (QED) is 0.153. The molecule has 42 heavy (non-hydrogen) atoms. The highest BCUT2D eigenvalue weighted by atomic mass is 35.5. The van der Waals surface area contributed by atoms with Crippen LogP contribution in [-0.4, -0.2) is 53.1 Å². The summed E-state index contributed by atoms with van der Waals surface area (Å²) in [6.45, 7) is 1.46. The van der Waals surface area contributed by atoms with Gasteiger partial charge in [0.25, 0.3) is 17.7 Å². The van der Waals surface area contributed by atoms with Crippen LogP contribution in [0.2, 0.25) is 5.02 Å². The Balaban J connectivity index is 1.37.